The summed E-state index contributed by atoms with van der Waals surface area (Å²) in [5.41, 5.74) is 0. The Bertz CT molecular complexity index is 220. The smallest absolute Gasteiger partial charge is 0.206 e. The number of ether oxygens (including phenoxy) is 4. The summed E-state index contributed by atoms with van der Waals surface area (Å²) in [6.45, 7) is 6.68. The Kier molecular flexibility index (Phi) is 5.37. The molecule has 1 heterocycles. The topological polar surface area (TPSA) is 60.5 Å². The van der Waals surface area contributed by atoms with Gasteiger partial charge in [-0.1, -0.05) is 13.0 Å². The number of rotatable bonds is 9. The van der Waals surface area contributed by atoms with Gasteiger partial charge in [0.05, 0.1) is 19.8 Å². The van der Waals surface area contributed by atoms with Crippen LogP contribution in [0.25, 0.3) is 0 Å². The Morgan fingerprint density at radius 3 is 2.81 bits per heavy atom. The van der Waals surface area contributed by atoms with Crippen LogP contribution in [-0.2, 0) is 18.9 Å². The minimum Gasteiger partial charge on any atom is -0.393 e. The second kappa shape index (κ2) is 6.32. The van der Waals surface area contributed by atoms with Crippen molar-refractivity contribution in [2.24, 2.45) is 5.92 Å². The Morgan fingerprint density at radius 2 is 2.31 bits per heavy atom. The molecule has 0 aliphatic carbocycles. The van der Waals surface area contributed by atoms with Crippen LogP contribution in [-0.4, -0.2) is 50.7 Å². The number of aliphatic hydroxyl groups excluding tert-OH is 1. The van der Waals surface area contributed by atoms with E-state index in [0.717, 1.165) is 0 Å². The van der Waals surface area contributed by atoms with E-state index in [4.69, 9.17) is 24.1 Å². The first-order valence-electron chi connectivity index (χ1n) is 5.33. The first-order valence-corrected chi connectivity index (χ1v) is 5.33. The number of hydrogen-bond donors (Lipinski definition) is 1. The van der Waals surface area contributed by atoms with Gasteiger partial charge in [0, 0.05) is 13.0 Å². The van der Waals surface area contributed by atoms with Gasteiger partial charge in [-0.05, 0) is 0 Å². The summed E-state index contributed by atoms with van der Waals surface area (Å²) in [5, 5.41) is 9.03. The average molecular weight is 232 g/mol. The van der Waals surface area contributed by atoms with Crippen LogP contribution in [0.4, 0.5) is 0 Å². The Hall–Kier alpha value is -0.460. The van der Waals surface area contributed by atoms with Crippen molar-refractivity contribution >= 4 is 0 Å². The maximum Gasteiger partial charge on any atom is 0.206 e. The second-order valence-corrected chi connectivity index (χ2v) is 3.70. The molecule has 0 aromatic rings. The summed E-state index contributed by atoms with van der Waals surface area (Å²) in [6.07, 6.45) is 1.46. The van der Waals surface area contributed by atoms with E-state index in [-0.39, 0.29) is 25.4 Å². The normalized spacial score (nSPS) is 30.1. The van der Waals surface area contributed by atoms with Crippen LogP contribution >= 0.6 is 0 Å². The Morgan fingerprint density at radius 1 is 1.56 bits per heavy atom. The molecule has 3 atom stereocenters. The zero-order valence-electron chi connectivity index (χ0n) is 9.85. The predicted molar refractivity (Wildman–Crippen MR) is 57.8 cm³/mol. The molecule has 0 unspecified atom stereocenters. The monoisotopic (exact) mass is 232 g/mol. The largest absolute Gasteiger partial charge is 0.393 e. The first kappa shape index (κ1) is 13.6. The summed E-state index contributed by atoms with van der Waals surface area (Å²) in [6, 6.07) is 0. The average Bonchev–Trinajstić information content (AvgIpc) is 3.03. The van der Waals surface area contributed by atoms with Crippen molar-refractivity contribution in [2.75, 3.05) is 33.7 Å². The van der Waals surface area contributed by atoms with Gasteiger partial charge in [0.1, 0.15) is 12.9 Å². The predicted octanol–water partition coefficient (Wildman–Crippen LogP) is 0.533. The molecule has 1 saturated heterocycles. The van der Waals surface area contributed by atoms with Gasteiger partial charge in [-0.3, -0.25) is 0 Å². The number of methoxy groups -OCH3 is 1. The summed E-state index contributed by atoms with van der Waals surface area (Å²) in [5.74, 6) is -0.750. The van der Waals surface area contributed by atoms with E-state index in [1.54, 1.807) is 13.2 Å². The molecule has 1 N–H and O–H groups in total. The fraction of sp³-hybridized carbons (Fsp3) is 0.818. The highest BCUT2D eigenvalue weighted by atomic mass is 16.8. The van der Waals surface area contributed by atoms with Gasteiger partial charge in [-0.2, -0.15) is 0 Å². The third-order valence-corrected chi connectivity index (χ3v) is 2.67. The molecule has 0 bridgehead atoms. The minimum absolute atomic E-state index is 0.00988. The van der Waals surface area contributed by atoms with Crippen molar-refractivity contribution < 1.29 is 24.1 Å². The zero-order chi connectivity index (χ0) is 12.0. The second-order valence-electron chi connectivity index (χ2n) is 3.70. The van der Waals surface area contributed by atoms with Gasteiger partial charge in [0.25, 0.3) is 0 Å². The van der Waals surface area contributed by atoms with E-state index >= 15 is 0 Å². The van der Waals surface area contributed by atoms with Gasteiger partial charge in [0.2, 0.25) is 5.79 Å². The van der Waals surface area contributed by atoms with E-state index in [0.29, 0.717) is 13.2 Å². The van der Waals surface area contributed by atoms with Crippen LogP contribution in [0, 0.1) is 5.92 Å². The van der Waals surface area contributed by atoms with E-state index in [1.165, 1.54) is 0 Å². The van der Waals surface area contributed by atoms with Crippen LogP contribution in [0.5, 0.6) is 0 Å². The lowest BCUT2D eigenvalue weighted by atomic mass is 10.0. The molecular formula is C11H20O5. The maximum absolute atomic E-state index is 9.03. The molecule has 94 valence electrons. The van der Waals surface area contributed by atoms with E-state index in [9.17, 15) is 0 Å². The van der Waals surface area contributed by atoms with Gasteiger partial charge >= 0.3 is 0 Å². The summed E-state index contributed by atoms with van der Waals surface area (Å²) in [4.78, 5) is 0. The van der Waals surface area contributed by atoms with Crippen LogP contribution < -0.4 is 0 Å². The van der Waals surface area contributed by atoms with Gasteiger partial charge in [-0.15, -0.1) is 6.58 Å². The van der Waals surface area contributed by atoms with Crippen molar-refractivity contribution in [3.05, 3.63) is 12.7 Å². The first-order chi connectivity index (χ1) is 7.71. The van der Waals surface area contributed by atoms with Crippen LogP contribution in [0.15, 0.2) is 12.7 Å². The van der Waals surface area contributed by atoms with Crippen molar-refractivity contribution in [2.45, 2.75) is 18.8 Å². The van der Waals surface area contributed by atoms with Crippen LogP contribution in [0.1, 0.15) is 6.92 Å². The van der Waals surface area contributed by atoms with Crippen LogP contribution in [0.2, 0.25) is 0 Å². The zero-order valence-corrected chi connectivity index (χ0v) is 9.85. The maximum atomic E-state index is 9.03. The van der Waals surface area contributed by atoms with Gasteiger partial charge in [0.15, 0.2) is 0 Å². The number of aliphatic hydroxyl groups is 1. The molecule has 0 spiro atoms. The standard InChI is InChI=1S/C11H20O5/c1-4-9(2)11(10(7-12)16-11)15-8-14-6-5-13-3/h4,9-10,12H,1,5-8H2,2-3H3/t9-,10-,11-/m1/s1. The Labute approximate surface area is 95.9 Å². The van der Waals surface area contributed by atoms with E-state index in [2.05, 4.69) is 6.58 Å². The SMILES string of the molecule is C=C[C@@H](C)[C@@]1(OCOCCOC)O[C@@H]1CO. The molecule has 0 saturated carbocycles. The van der Waals surface area contributed by atoms with E-state index < -0.39 is 5.79 Å². The fourth-order valence-electron chi connectivity index (χ4n) is 1.51. The van der Waals surface area contributed by atoms with Crippen molar-refractivity contribution in [1.29, 1.82) is 0 Å². The lowest BCUT2D eigenvalue weighted by Gasteiger charge is -2.18. The van der Waals surface area contributed by atoms with Gasteiger partial charge in [-0.25, -0.2) is 0 Å². The highest BCUT2D eigenvalue weighted by molar-refractivity contribution is 5.03. The molecule has 16 heavy (non-hydrogen) atoms. The quantitative estimate of drug-likeness (QED) is 0.272. The molecule has 0 amide bonds. The van der Waals surface area contributed by atoms with Crippen LogP contribution in [0.3, 0.4) is 0 Å². The molecule has 0 aromatic carbocycles. The minimum atomic E-state index is -0.760. The molecule has 5 heteroatoms. The van der Waals surface area contributed by atoms with E-state index in [1.807, 2.05) is 6.92 Å². The summed E-state index contributed by atoms with van der Waals surface area (Å²) < 4.78 is 20.9. The lowest BCUT2D eigenvalue weighted by Crippen LogP contribution is -2.30. The van der Waals surface area contributed by atoms with Gasteiger partial charge < -0.3 is 24.1 Å². The van der Waals surface area contributed by atoms with Crippen molar-refractivity contribution in [1.82, 2.24) is 0 Å². The molecule has 1 fully saturated rings. The molecule has 0 aromatic heterocycles. The third-order valence-electron chi connectivity index (χ3n) is 2.67. The molecule has 1 aliphatic rings. The highest BCUT2D eigenvalue weighted by Crippen LogP contribution is 2.44. The number of hydrogen-bond acceptors (Lipinski definition) is 5. The molecular weight excluding hydrogens is 212 g/mol. The fourth-order valence-corrected chi connectivity index (χ4v) is 1.51. The summed E-state index contributed by atoms with van der Waals surface area (Å²) >= 11 is 0. The molecule has 1 rings (SSSR count). The molecule has 1 aliphatic heterocycles. The summed E-state index contributed by atoms with van der Waals surface area (Å²) in [7, 11) is 1.61. The third kappa shape index (κ3) is 3.02. The lowest BCUT2D eigenvalue weighted by molar-refractivity contribution is -0.156. The highest BCUT2D eigenvalue weighted by Gasteiger charge is 2.60. The molecule has 5 nitrogen and oxygen atoms in total. The number of epoxide rings is 1. The molecule has 0 radical (unpaired) electrons. The van der Waals surface area contributed by atoms with Crippen molar-refractivity contribution in [3.8, 4) is 0 Å². The van der Waals surface area contributed by atoms with Crippen molar-refractivity contribution in [3.63, 3.8) is 0 Å². The Balaban J connectivity index is 2.28.